The fourth-order valence-corrected chi connectivity index (χ4v) is 1.85. The topological polar surface area (TPSA) is 37.3 Å². The van der Waals surface area contributed by atoms with E-state index >= 15 is 0 Å². The van der Waals surface area contributed by atoms with Gasteiger partial charge in [-0.2, -0.15) is 0 Å². The van der Waals surface area contributed by atoms with Crippen LogP contribution in [-0.4, -0.2) is 11.1 Å². The van der Waals surface area contributed by atoms with E-state index in [9.17, 15) is 4.79 Å². The molecule has 0 radical (unpaired) electrons. The number of carbonyl (C=O) groups is 1. The van der Waals surface area contributed by atoms with E-state index in [1.54, 1.807) is 0 Å². The van der Waals surface area contributed by atoms with Gasteiger partial charge in [0, 0.05) is 5.57 Å². The van der Waals surface area contributed by atoms with E-state index in [1.165, 1.54) is 11.1 Å². The highest BCUT2D eigenvalue weighted by Gasteiger charge is 2.17. The van der Waals surface area contributed by atoms with Crippen molar-refractivity contribution >= 4 is 5.97 Å². The third-order valence-corrected chi connectivity index (χ3v) is 3.12. The molecule has 0 bridgehead atoms. The molecule has 0 saturated carbocycles. The molecule has 0 aliphatic heterocycles. The van der Waals surface area contributed by atoms with E-state index in [4.69, 9.17) is 5.11 Å². The first-order chi connectivity index (χ1) is 8.00. The van der Waals surface area contributed by atoms with Crippen LogP contribution in [-0.2, 0) is 4.79 Å². The lowest BCUT2D eigenvalue weighted by Crippen LogP contribution is -2.11. The first-order valence-corrected chi connectivity index (χ1v) is 5.93. The Balaban J connectivity index is 2.88. The molecule has 1 rings (SSSR count). The van der Waals surface area contributed by atoms with Crippen molar-refractivity contribution in [1.82, 2.24) is 0 Å². The highest BCUT2D eigenvalue weighted by atomic mass is 16.4. The molecule has 0 spiro atoms. The van der Waals surface area contributed by atoms with Crippen molar-refractivity contribution in [3.05, 3.63) is 47.6 Å². The molecule has 0 fully saturated rings. The molecular weight excluding hydrogens is 212 g/mol. The molecule has 17 heavy (non-hydrogen) atoms. The van der Waals surface area contributed by atoms with Crippen LogP contribution < -0.4 is 0 Å². The minimum Gasteiger partial charge on any atom is -0.478 e. The predicted octanol–water partition coefficient (Wildman–Crippen LogP) is 3.88. The summed E-state index contributed by atoms with van der Waals surface area (Å²) in [4.78, 5) is 11.0. The summed E-state index contributed by atoms with van der Waals surface area (Å²) in [5, 5.41) is 9.01. The third-order valence-electron chi connectivity index (χ3n) is 3.12. The number of allylic oxidation sites excluding steroid dienone is 6. The van der Waals surface area contributed by atoms with Crippen LogP contribution in [0.3, 0.4) is 0 Å². The van der Waals surface area contributed by atoms with Crippen LogP contribution in [0.2, 0.25) is 0 Å². The second-order valence-electron chi connectivity index (χ2n) is 4.62. The van der Waals surface area contributed by atoms with Gasteiger partial charge in [0.25, 0.3) is 0 Å². The Labute approximate surface area is 103 Å². The summed E-state index contributed by atoms with van der Waals surface area (Å²) >= 11 is 0. The van der Waals surface area contributed by atoms with Gasteiger partial charge in [-0.15, -0.1) is 0 Å². The molecule has 1 N–H and O–H groups in total. The summed E-state index contributed by atoms with van der Waals surface area (Å²) in [5.74, 6) is -0.840. The standard InChI is InChI=1S/C15H20O2/c1-11-5-4-6-12(2)8-10-14(9-7-11)13(3)15(16)17/h4-7,14H,3,8-10H2,1-2H3,(H,16,17)/b5-4+,11-7-,12-6-/t14-/m0/s1. The molecule has 0 unspecified atom stereocenters. The van der Waals surface area contributed by atoms with Crippen molar-refractivity contribution in [2.45, 2.75) is 33.1 Å². The van der Waals surface area contributed by atoms with E-state index in [-0.39, 0.29) is 5.92 Å². The summed E-state index contributed by atoms with van der Waals surface area (Å²) in [6, 6.07) is 0. The maximum absolute atomic E-state index is 11.0. The Bertz CT molecular complexity index is 397. The SMILES string of the molecule is C=C(C(=O)O)[C@H]1C\C=C(C)/C=C/C=C(/C)CC1. The van der Waals surface area contributed by atoms with Crippen LogP contribution in [0, 0.1) is 5.92 Å². The predicted molar refractivity (Wildman–Crippen MR) is 70.8 cm³/mol. The minimum absolute atomic E-state index is 0.0392. The third kappa shape index (κ3) is 4.43. The fourth-order valence-electron chi connectivity index (χ4n) is 1.85. The molecule has 0 aromatic heterocycles. The van der Waals surface area contributed by atoms with Crippen LogP contribution in [0.25, 0.3) is 0 Å². The maximum atomic E-state index is 11.0. The van der Waals surface area contributed by atoms with E-state index < -0.39 is 5.97 Å². The smallest absolute Gasteiger partial charge is 0.331 e. The maximum Gasteiger partial charge on any atom is 0.331 e. The molecular formula is C15H20O2. The number of aliphatic carboxylic acids is 1. The lowest BCUT2D eigenvalue weighted by Gasteiger charge is -2.16. The minimum atomic E-state index is -0.879. The fraction of sp³-hybridized carbons (Fsp3) is 0.400. The first kappa shape index (κ1) is 13.5. The highest BCUT2D eigenvalue weighted by Crippen LogP contribution is 2.24. The van der Waals surface area contributed by atoms with Gasteiger partial charge in [0.1, 0.15) is 0 Å². The van der Waals surface area contributed by atoms with Crippen LogP contribution in [0.4, 0.5) is 0 Å². The second-order valence-corrected chi connectivity index (χ2v) is 4.62. The molecule has 2 nitrogen and oxygen atoms in total. The number of carboxylic acids is 1. The Kier molecular flexibility index (Phi) is 4.95. The van der Waals surface area contributed by atoms with E-state index in [2.05, 4.69) is 31.7 Å². The van der Waals surface area contributed by atoms with Crippen LogP contribution >= 0.6 is 0 Å². The van der Waals surface area contributed by atoms with Crippen molar-refractivity contribution in [3.63, 3.8) is 0 Å². The molecule has 0 heterocycles. The Morgan fingerprint density at radius 3 is 2.82 bits per heavy atom. The molecule has 1 aliphatic rings. The molecule has 2 heteroatoms. The summed E-state index contributed by atoms with van der Waals surface area (Å²) in [6.07, 6.45) is 10.8. The molecule has 0 aromatic carbocycles. The molecule has 0 amide bonds. The zero-order valence-corrected chi connectivity index (χ0v) is 10.6. The van der Waals surface area contributed by atoms with Crippen LogP contribution in [0.5, 0.6) is 0 Å². The van der Waals surface area contributed by atoms with E-state index in [1.807, 2.05) is 13.0 Å². The van der Waals surface area contributed by atoms with Gasteiger partial charge in [0.15, 0.2) is 0 Å². The van der Waals surface area contributed by atoms with Gasteiger partial charge in [-0.1, -0.05) is 42.0 Å². The first-order valence-electron chi connectivity index (χ1n) is 5.93. The number of carboxylic acid groups (broad SMARTS) is 1. The van der Waals surface area contributed by atoms with E-state index in [0.717, 1.165) is 19.3 Å². The van der Waals surface area contributed by atoms with Crippen molar-refractivity contribution in [2.75, 3.05) is 0 Å². The van der Waals surface area contributed by atoms with Gasteiger partial charge in [-0.05, 0) is 39.0 Å². The summed E-state index contributed by atoms with van der Waals surface area (Å²) < 4.78 is 0. The van der Waals surface area contributed by atoms with Gasteiger partial charge >= 0.3 is 5.97 Å². The van der Waals surface area contributed by atoms with Gasteiger partial charge < -0.3 is 5.11 Å². The number of rotatable bonds is 2. The summed E-state index contributed by atoms with van der Waals surface area (Å²) in [6.45, 7) is 7.79. The van der Waals surface area contributed by atoms with Crippen molar-refractivity contribution in [3.8, 4) is 0 Å². The molecule has 1 aliphatic carbocycles. The largest absolute Gasteiger partial charge is 0.478 e. The number of hydrogen-bond donors (Lipinski definition) is 1. The lowest BCUT2D eigenvalue weighted by molar-refractivity contribution is -0.133. The molecule has 0 saturated heterocycles. The summed E-state index contributed by atoms with van der Waals surface area (Å²) in [7, 11) is 0. The van der Waals surface area contributed by atoms with Crippen LogP contribution in [0.1, 0.15) is 33.1 Å². The normalized spacial score (nSPS) is 29.4. The average Bonchev–Trinajstić information content (AvgIpc) is 2.28. The molecule has 1 atom stereocenters. The second kappa shape index (κ2) is 6.24. The van der Waals surface area contributed by atoms with Gasteiger partial charge in [0.05, 0.1) is 0 Å². The highest BCUT2D eigenvalue weighted by molar-refractivity contribution is 5.86. The Morgan fingerprint density at radius 2 is 2.18 bits per heavy atom. The quantitative estimate of drug-likeness (QED) is 0.734. The Morgan fingerprint density at radius 1 is 1.47 bits per heavy atom. The van der Waals surface area contributed by atoms with E-state index in [0.29, 0.717) is 5.57 Å². The van der Waals surface area contributed by atoms with Crippen LogP contribution in [0.15, 0.2) is 47.6 Å². The Hall–Kier alpha value is -1.57. The zero-order chi connectivity index (χ0) is 12.8. The lowest BCUT2D eigenvalue weighted by atomic mass is 9.89. The average molecular weight is 232 g/mol. The van der Waals surface area contributed by atoms with Crippen molar-refractivity contribution in [1.29, 1.82) is 0 Å². The molecule has 0 aromatic rings. The molecule has 92 valence electrons. The number of hydrogen-bond acceptors (Lipinski definition) is 1. The monoisotopic (exact) mass is 232 g/mol. The van der Waals surface area contributed by atoms with Gasteiger partial charge in [-0.25, -0.2) is 4.79 Å². The van der Waals surface area contributed by atoms with Crippen molar-refractivity contribution < 1.29 is 9.90 Å². The zero-order valence-electron chi connectivity index (χ0n) is 10.6. The summed E-state index contributed by atoms with van der Waals surface area (Å²) in [5.41, 5.74) is 2.77. The van der Waals surface area contributed by atoms with Gasteiger partial charge in [-0.3, -0.25) is 0 Å². The van der Waals surface area contributed by atoms with Gasteiger partial charge in [0.2, 0.25) is 0 Å². The van der Waals surface area contributed by atoms with Crippen molar-refractivity contribution in [2.24, 2.45) is 5.92 Å².